The first-order chi connectivity index (χ1) is 11.1. The van der Waals surface area contributed by atoms with Gasteiger partial charge >= 0.3 is 0 Å². The van der Waals surface area contributed by atoms with Gasteiger partial charge in [0.15, 0.2) is 0 Å². The third kappa shape index (κ3) is 3.58. The molecular formula is C21H28N2. The van der Waals surface area contributed by atoms with Crippen molar-refractivity contribution in [3.8, 4) is 0 Å². The third-order valence-electron chi connectivity index (χ3n) is 4.31. The second-order valence-corrected chi connectivity index (χ2v) is 5.85. The van der Waals surface area contributed by atoms with Crippen LogP contribution in [0.5, 0.6) is 0 Å². The van der Waals surface area contributed by atoms with E-state index in [-0.39, 0.29) is 6.17 Å². The third-order valence-corrected chi connectivity index (χ3v) is 4.31. The van der Waals surface area contributed by atoms with E-state index in [0.29, 0.717) is 0 Å². The van der Waals surface area contributed by atoms with Crippen LogP contribution in [0.15, 0.2) is 54.9 Å². The van der Waals surface area contributed by atoms with Crippen LogP contribution in [0.2, 0.25) is 0 Å². The molecule has 1 atom stereocenters. The Labute approximate surface area is 141 Å². The van der Waals surface area contributed by atoms with Gasteiger partial charge in [0.05, 0.1) is 0 Å². The van der Waals surface area contributed by atoms with Crippen molar-refractivity contribution in [1.29, 1.82) is 0 Å². The predicted molar refractivity (Wildman–Crippen MR) is 102 cm³/mol. The Kier molecular flexibility index (Phi) is 5.49. The van der Waals surface area contributed by atoms with Gasteiger partial charge in [-0.3, -0.25) is 0 Å². The number of hydrogen-bond acceptors (Lipinski definition) is 2. The van der Waals surface area contributed by atoms with E-state index in [1.807, 2.05) is 13.8 Å². The standard InChI is InChI=1S/C19H22N2.C2H6/c1-14-5-8-18(9-6-14)20-11-12-21(17(20)4)19-10-7-15(2)16(3)13-19;1-2/h5-13,17H,1-4H3;1-2H3. The average Bonchev–Trinajstić information content (AvgIpc) is 2.94. The molecule has 2 heteroatoms. The maximum atomic E-state index is 2.31. The average molecular weight is 308 g/mol. The summed E-state index contributed by atoms with van der Waals surface area (Å²) in [6.45, 7) is 12.7. The lowest BCUT2D eigenvalue weighted by atomic mass is 10.1. The second kappa shape index (κ2) is 7.36. The minimum atomic E-state index is 0.287. The molecule has 0 radical (unpaired) electrons. The van der Waals surface area contributed by atoms with Crippen molar-refractivity contribution in [1.82, 2.24) is 0 Å². The van der Waals surface area contributed by atoms with Crippen molar-refractivity contribution in [2.45, 2.75) is 47.7 Å². The SMILES string of the molecule is CC.Cc1ccc(N2C=CN(c3ccc(C)c(C)c3)C2C)cc1. The summed E-state index contributed by atoms with van der Waals surface area (Å²) in [7, 11) is 0. The topological polar surface area (TPSA) is 6.48 Å². The molecule has 0 amide bonds. The second-order valence-electron chi connectivity index (χ2n) is 5.85. The fourth-order valence-corrected chi connectivity index (χ4v) is 2.73. The minimum Gasteiger partial charge on any atom is -0.326 e. The number of hydrogen-bond donors (Lipinski definition) is 0. The summed E-state index contributed by atoms with van der Waals surface area (Å²) in [5, 5.41) is 0. The Morgan fingerprint density at radius 2 is 1.22 bits per heavy atom. The van der Waals surface area contributed by atoms with Gasteiger partial charge in [0, 0.05) is 23.8 Å². The maximum absolute atomic E-state index is 2.31. The van der Waals surface area contributed by atoms with Crippen LogP contribution in [0.25, 0.3) is 0 Å². The van der Waals surface area contributed by atoms with E-state index in [4.69, 9.17) is 0 Å². The van der Waals surface area contributed by atoms with Crippen molar-refractivity contribution >= 4 is 11.4 Å². The summed E-state index contributed by atoms with van der Waals surface area (Å²) < 4.78 is 0. The van der Waals surface area contributed by atoms with Crippen LogP contribution in [0.1, 0.15) is 37.5 Å². The van der Waals surface area contributed by atoms with Crippen LogP contribution in [-0.2, 0) is 0 Å². The summed E-state index contributed by atoms with van der Waals surface area (Å²) in [5.41, 5.74) is 6.44. The van der Waals surface area contributed by atoms with Crippen LogP contribution in [-0.4, -0.2) is 6.17 Å². The molecule has 0 spiro atoms. The number of rotatable bonds is 2. The molecule has 0 aromatic heterocycles. The Hall–Kier alpha value is -2.22. The fourth-order valence-electron chi connectivity index (χ4n) is 2.73. The first-order valence-electron chi connectivity index (χ1n) is 8.45. The van der Waals surface area contributed by atoms with Crippen LogP contribution in [0, 0.1) is 20.8 Å². The molecule has 1 aliphatic rings. The maximum Gasteiger partial charge on any atom is 0.107 e. The molecule has 2 aromatic carbocycles. The van der Waals surface area contributed by atoms with Gasteiger partial charge in [-0.15, -0.1) is 0 Å². The van der Waals surface area contributed by atoms with Crippen molar-refractivity contribution in [3.63, 3.8) is 0 Å². The number of anilines is 2. The van der Waals surface area contributed by atoms with E-state index in [1.165, 1.54) is 28.1 Å². The lowest BCUT2D eigenvalue weighted by molar-refractivity contribution is 0.749. The molecule has 23 heavy (non-hydrogen) atoms. The van der Waals surface area contributed by atoms with Crippen molar-refractivity contribution in [3.05, 3.63) is 71.6 Å². The summed E-state index contributed by atoms with van der Waals surface area (Å²) in [6.07, 6.45) is 4.61. The monoisotopic (exact) mass is 308 g/mol. The molecule has 0 saturated carbocycles. The lowest BCUT2D eigenvalue weighted by Gasteiger charge is -2.30. The van der Waals surface area contributed by atoms with Gasteiger partial charge < -0.3 is 9.80 Å². The highest BCUT2D eigenvalue weighted by molar-refractivity contribution is 5.62. The van der Waals surface area contributed by atoms with Crippen LogP contribution in [0.3, 0.4) is 0 Å². The largest absolute Gasteiger partial charge is 0.326 e. The smallest absolute Gasteiger partial charge is 0.107 e. The quantitative estimate of drug-likeness (QED) is 0.693. The Morgan fingerprint density at radius 1 is 0.696 bits per heavy atom. The fraction of sp³-hybridized carbons (Fsp3) is 0.333. The Morgan fingerprint density at radius 3 is 1.78 bits per heavy atom. The van der Waals surface area contributed by atoms with Gasteiger partial charge in [-0.1, -0.05) is 37.6 Å². The molecule has 3 rings (SSSR count). The molecular weight excluding hydrogens is 280 g/mol. The van der Waals surface area contributed by atoms with E-state index in [0.717, 1.165) is 0 Å². The molecule has 0 saturated heterocycles. The Bertz CT molecular complexity index is 671. The van der Waals surface area contributed by atoms with Gasteiger partial charge in [-0.05, 0) is 63.1 Å². The molecule has 0 N–H and O–H groups in total. The first kappa shape index (κ1) is 17.1. The number of benzene rings is 2. The van der Waals surface area contributed by atoms with Crippen LogP contribution in [0.4, 0.5) is 11.4 Å². The highest BCUT2D eigenvalue weighted by atomic mass is 15.4. The molecule has 0 bridgehead atoms. The molecule has 2 nitrogen and oxygen atoms in total. The van der Waals surface area contributed by atoms with E-state index < -0.39 is 0 Å². The molecule has 1 aliphatic heterocycles. The normalized spacial score (nSPS) is 16.3. The van der Waals surface area contributed by atoms with E-state index in [1.54, 1.807) is 0 Å². The lowest BCUT2D eigenvalue weighted by Crippen LogP contribution is -2.35. The molecule has 0 aliphatic carbocycles. The van der Waals surface area contributed by atoms with Crippen molar-refractivity contribution in [2.75, 3.05) is 9.80 Å². The molecule has 122 valence electrons. The summed E-state index contributed by atoms with van der Waals surface area (Å²) in [5.74, 6) is 0. The van der Waals surface area contributed by atoms with Gasteiger partial charge in [0.2, 0.25) is 0 Å². The van der Waals surface area contributed by atoms with Gasteiger partial charge in [-0.25, -0.2) is 0 Å². The van der Waals surface area contributed by atoms with E-state index in [2.05, 4.69) is 92.4 Å². The number of aryl methyl sites for hydroxylation is 3. The van der Waals surface area contributed by atoms with Gasteiger partial charge in [0.25, 0.3) is 0 Å². The highest BCUT2D eigenvalue weighted by Crippen LogP contribution is 2.30. The zero-order valence-electron chi connectivity index (χ0n) is 15.2. The zero-order chi connectivity index (χ0) is 17.0. The predicted octanol–water partition coefficient (Wildman–Crippen LogP) is 5.78. The molecule has 1 heterocycles. The first-order valence-corrected chi connectivity index (χ1v) is 8.45. The molecule has 2 aromatic rings. The number of nitrogens with zero attached hydrogens (tertiary/aromatic N) is 2. The van der Waals surface area contributed by atoms with Crippen LogP contribution >= 0.6 is 0 Å². The van der Waals surface area contributed by atoms with E-state index in [9.17, 15) is 0 Å². The van der Waals surface area contributed by atoms with Crippen LogP contribution < -0.4 is 9.80 Å². The summed E-state index contributed by atoms with van der Waals surface area (Å²) in [6, 6.07) is 15.3. The molecule has 0 fully saturated rings. The van der Waals surface area contributed by atoms with E-state index >= 15 is 0 Å². The van der Waals surface area contributed by atoms with Crippen molar-refractivity contribution in [2.24, 2.45) is 0 Å². The highest BCUT2D eigenvalue weighted by Gasteiger charge is 2.24. The van der Waals surface area contributed by atoms with Crippen molar-refractivity contribution < 1.29 is 0 Å². The summed E-state index contributed by atoms with van der Waals surface area (Å²) >= 11 is 0. The minimum absolute atomic E-state index is 0.287. The zero-order valence-corrected chi connectivity index (χ0v) is 15.2. The van der Waals surface area contributed by atoms with Gasteiger partial charge in [-0.2, -0.15) is 0 Å². The molecule has 1 unspecified atom stereocenters. The Balaban J connectivity index is 0.000000924. The summed E-state index contributed by atoms with van der Waals surface area (Å²) in [4.78, 5) is 4.61. The van der Waals surface area contributed by atoms with Gasteiger partial charge in [0.1, 0.15) is 6.17 Å².